The number of carbonyl (C=O) groups is 1. The summed E-state index contributed by atoms with van der Waals surface area (Å²) in [5.74, 6) is 1.14. The van der Waals surface area contributed by atoms with Crippen LogP contribution in [-0.4, -0.2) is 43.8 Å². The molecule has 0 radical (unpaired) electrons. The van der Waals surface area contributed by atoms with E-state index in [9.17, 15) is 13.2 Å². The van der Waals surface area contributed by atoms with Crippen LogP contribution in [0.25, 0.3) is 11.3 Å². The smallest absolute Gasteiger partial charge is 0.267 e. The first kappa shape index (κ1) is 18.9. The molecule has 0 N–H and O–H groups in total. The average molecular weight is 441 g/mol. The van der Waals surface area contributed by atoms with Gasteiger partial charge >= 0.3 is 0 Å². The highest BCUT2D eigenvalue weighted by molar-refractivity contribution is 7.99. The van der Waals surface area contributed by atoms with Gasteiger partial charge < -0.3 is 9.47 Å². The molecular formula is C20H15N3O5S2. The first-order chi connectivity index (χ1) is 14.4. The van der Waals surface area contributed by atoms with Gasteiger partial charge in [0.25, 0.3) is 10.0 Å². The fourth-order valence-electron chi connectivity index (χ4n) is 3.31. The van der Waals surface area contributed by atoms with Crippen LogP contribution in [0.4, 0.5) is 5.69 Å². The van der Waals surface area contributed by atoms with Crippen molar-refractivity contribution in [1.29, 1.82) is 0 Å². The number of Topliss-reactive ketones (excluding diaryl/α,β-unsaturated/α-hetero) is 1. The Balaban J connectivity index is 1.42. The van der Waals surface area contributed by atoms with Crippen molar-refractivity contribution in [2.45, 2.75) is 10.1 Å². The number of sulfonamides is 1. The maximum atomic E-state index is 12.8. The van der Waals surface area contributed by atoms with Crippen LogP contribution in [0, 0.1) is 0 Å². The van der Waals surface area contributed by atoms with Gasteiger partial charge in [-0.1, -0.05) is 30.0 Å². The Kier molecular flexibility index (Phi) is 4.40. The first-order valence-electron chi connectivity index (χ1n) is 8.96. The summed E-state index contributed by atoms with van der Waals surface area (Å²) in [4.78, 5) is 21.3. The number of benzene rings is 2. The fourth-order valence-corrected chi connectivity index (χ4v) is 5.32. The number of nitrogens with zero attached hydrogens (tertiary/aromatic N) is 3. The molecule has 0 spiro atoms. The molecule has 0 bridgehead atoms. The largest absolute Gasteiger partial charge is 0.454 e. The summed E-state index contributed by atoms with van der Waals surface area (Å²) in [5, 5.41) is 0.331. The van der Waals surface area contributed by atoms with E-state index in [1.807, 2.05) is 12.1 Å². The molecule has 0 aliphatic carbocycles. The predicted octanol–water partition coefficient (Wildman–Crippen LogP) is 2.99. The van der Waals surface area contributed by atoms with E-state index in [0.717, 1.165) is 11.8 Å². The Hall–Kier alpha value is -3.11. The van der Waals surface area contributed by atoms with Crippen molar-refractivity contribution in [2.75, 3.05) is 23.9 Å². The summed E-state index contributed by atoms with van der Waals surface area (Å²) in [7, 11) is -2.22. The fraction of sp³-hybridized carbons (Fsp3) is 0.150. The molecule has 2 aliphatic rings. The topological polar surface area (TPSA) is 98.7 Å². The lowest BCUT2D eigenvalue weighted by Crippen LogP contribution is -2.31. The highest BCUT2D eigenvalue weighted by Gasteiger charge is 2.34. The van der Waals surface area contributed by atoms with Gasteiger partial charge in [0.2, 0.25) is 6.79 Å². The van der Waals surface area contributed by atoms with E-state index in [4.69, 9.17) is 9.47 Å². The molecule has 0 unspecified atom stereocenters. The molecular weight excluding hydrogens is 426 g/mol. The Bertz CT molecular complexity index is 1290. The molecule has 1 aromatic heterocycles. The number of thioether (sulfide) groups is 1. The zero-order valence-electron chi connectivity index (χ0n) is 15.7. The second-order valence-electron chi connectivity index (χ2n) is 6.64. The van der Waals surface area contributed by atoms with Crippen molar-refractivity contribution < 1.29 is 22.7 Å². The van der Waals surface area contributed by atoms with Crippen LogP contribution in [-0.2, 0) is 10.0 Å². The molecule has 2 aromatic carbocycles. The minimum atomic E-state index is -3.72. The molecule has 152 valence electrons. The van der Waals surface area contributed by atoms with Gasteiger partial charge in [0, 0.05) is 18.2 Å². The number of hydrogen-bond acceptors (Lipinski definition) is 8. The number of ketones is 1. The van der Waals surface area contributed by atoms with E-state index < -0.39 is 10.0 Å². The Morgan fingerprint density at radius 2 is 1.97 bits per heavy atom. The third kappa shape index (κ3) is 2.99. The number of carbonyl (C=O) groups excluding carboxylic acids is 1. The SMILES string of the molecule is CN1c2ccccc2-c2nc(SCC(=O)c3ccc4c(c3)OCO4)ncc2S1(=O)=O. The molecule has 0 saturated carbocycles. The minimum absolute atomic E-state index is 0.0511. The van der Waals surface area contributed by atoms with Crippen molar-refractivity contribution in [3.05, 3.63) is 54.2 Å². The summed E-state index contributed by atoms with van der Waals surface area (Å²) >= 11 is 1.15. The lowest BCUT2D eigenvalue weighted by atomic mass is 10.1. The molecule has 0 amide bonds. The normalized spacial score (nSPS) is 15.4. The summed E-state index contributed by atoms with van der Waals surface area (Å²) in [5.41, 5.74) is 2.10. The van der Waals surface area contributed by atoms with Crippen LogP contribution >= 0.6 is 11.8 Å². The third-order valence-electron chi connectivity index (χ3n) is 4.90. The van der Waals surface area contributed by atoms with E-state index in [2.05, 4.69) is 9.97 Å². The van der Waals surface area contributed by atoms with Crippen molar-refractivity contribution in [2.24, 2.45) is 0 Å². The maximum Gasteiger partial charge on any atom is 0.267 e. The Morgan fingerprint density at radius 1 is 1.17 bits per heavy atom. The number of aromatic nitrogens is 2. The molecule has 3 heterocycles. The standard InChI is InChI=1S/C20H15N3O5S2/c1-23-14-5-3-2-4-13(14)19-18(30(23,25)26)9-21-20(22-19)29-10-15(24)12-6-7-16-17(8-12)28-11-27-16/h2-9H,10-11H2,1H3. The van der Waals surface area contributed by atoms with Crippen LogP contribution in [0.15, 0.2) is 58.7 Å². The van der Waals surface area contributed by atoms with Crippen molar-refractivity contribution >= 4 is 33.3 Å². The number of hydrogen-bond donors (Lipinski definition) is 0. The first-order valence-corrected chi connectivity index (χ1v) is 11.4. The number of fused-ring (bicyclic) bond motifs is 4. The molecule has 8 nitrogen and oxygen atoms in total. The molecule has 5 rings (SSSR count). The lowest BCUT2D eigenvalue weighted by molar-refractivity contribution is 0.102. The molecule has 0 atom stereocenters. The van der Waals surface area contributed by atoms with Gasteiger partial charge in [0.1, 0.15) is 4.90 Å². The van der Waals surface area contributed by atoms with E-state index in [0.29, 0.717) is 39.2 Å². The van der Waals surface area contributed by atoms with Gasteiger partial charge in [-0.3, -0.25) is 9.10 Å². The Morgan fingerprint density at radius 3 is 2.83 bits per heavy atom. The average Bonchev–Trinajstić information content (AvgIpc) is 3.24. The second kappa shape index (κ2) is 6.99. The summed E-state index contributed by atoms with van der Waals surface area (Å²) < 4.78 is 37.4. The van der Waals surface area contributed by atoms with Gasteiger partial charge in [-0.15, -0.1) is 0 Å². The molecule has 10 heteroatoms. The third-order valence-corrected chi connectivity index (χ3v) is 7.53. The van der Waals surface area contributed by atoms with Crippen molar-refractivity contribution in [1.82, 2.24) is 9.97 Å². The number of ether oxygens (including phenoxy) is 2. The summed E-state index contributed by atoms with van der Waals surface area (Å²) in [6, 6.07) is 12.2. The number of rotatable bonds is 4. The highest BCUT2D eigenvalue weighted by atomic mass is 32.2. The van der Waals surface area contributed by atoms with Crippen LogP contribution in [0.1, 0.15) is 10.4 Å². The van der Waals surface area contributed by atoms with E-state index in [-0.39, 0.29) is 23.2 Å². The monoisotopic (exact) mass is 441 g/mol. The quantitative estimate of drug-likeness (QED) is 0.346. The molecule has 0 fully saturated rings. The maximum absolute atomic E-state index is 12.8. The second-order valence-corrected chi connectivity index (χ2v) is 9.52. The minimum Gasteiger partial charge on any atom is -0.454 e. The molecule has 3 aromatic rings. The van der Waals surface area contributed by atoms with E-state index >= 15 is 0 Å². The van der Waals surface area contributed by atoms with Gasteiger partial charge in [0.05, 0.1) is 23.3 Å². The van der Waals surface area contributed by atoms with Crippen LogP contribution in [0.3, 0.4) is 0 Å². The van der Waals surface area contributed by atoms with Crippen molar-refractivity contribution in [3.8, 4) is 22.8 Å². The van der Waals surface area contributed by atoms with Crippen LogP contribution in [0.2, 0.25) is 0 Å². The molecule has 30 heavy (non-hydrogen) atoms. The zero-order chi connectivity index (χ0) is 20.9. The number of anilines is 1. The van der Waals surface area contributed by atoms with E-state index in [1.54, 1.807) is 30.3 Å². The van der Waals surface area contributed by atoms with Gasteiger partial charge in [-0.05, 0) is 24.3 Å². The zero-order valence-corrected chi connectivity index (χ0v) is 17.4. The Labute approximate surface area is 176 Å². The van der Waals surface area contributed by atoms with Gasteiger partial charge in [-0.2, -0.15) is 0 Å². The molecule has 2 aliphatic heterocycles. The van der Waals surface area contributed by atoms with Crippen molar-refractivity contribution in [3.63, 3.8) is 0 Å². The van der Waals surface area contributed by atoms with Gasteiger partial charge in [-0.25, -0.2) is 18.4 Å². The van der Waals surface area contributed by atoms with E-state index in [1.165, 1.54) is 17.5 Å². The predicted molar refractivity (Wildman–Crippen MR) is 111 cm³/mol. The van der Waals surface area contributed by atoms with Crippen LogP contribution < -0.4 is 13.8 Å². The summed E-state index contributed by atoms with van der Waals surface area (Å²) in [6.07, 6.45) is 1.30. The number of para-hydroxylation sites is 1. The lowest BCUT2D eigenvalue weighted by Gasteiger charge is -2.28. The van der Waals surface area contributed by atoms with Gasteiger partial charge in [0.15, 0.2) is 22.4 Å². The highest BCUT2D eigenvalue weighted by Crippen LogP contribution is 2.41. The van der Waals surface area contributed by atoms with Crippen LogP contribution in [0.5, 0.6) is 11.5 Å². The molecule has 0 saturated heterocycles. The summed E-state index contributed by atoms with van der Waals surface area (Å²) in [6.45, 7) is 0.143.